The molecule has 20 heavy (non-hydrogen) atoms. The molecule has 2 N–H and O–H groups in total. The number of thiocarbonyl (C=S) groups is 1. The van der Waals surface area contributed by atoms with E-state index < -0.39 is 12.1 Å². The molecule has 0 spiro atoms. The van der Waals surface area contributed by atoms with Crippen LogP contribution in [-0.2, 0) is 4.79 Å². The zero-order chi connectivity index (χ0) is 14.4. The molecule has 3 amide bonds. The summed E-state index contributed by atoms with van der Waals surface area (Å²) in [7, 11) is 3.15. The van der Waals surface area contributed by atoms with E-state index in [1.165, 1.54) is 11.9 Å². The van der Waals surface area contributed by atoms with Crippen LogP contribution in [0.3, 0.4) is 0 Å². The number of nitrogens with zero attached hydrogens (tertiary/aromatic N) is 2. The maximum Gasteiger partial charge on any atom is 0.327 e. The fraction of sp³-hybridized carbons (Fsp3) is 0.417. The number of thiophene rings is 1. The van der Waals surface area contributed by atoms with Crippen molar-refractivity contribution in [3.63, 3.8) is 0 Å². The lowest BCUT2D eigenvalue weighted by molar-refractivity contribution is -0.135. The molecule has 2 aliphatic heterocycles. The Hall–Kier alpha value is -1.51. The molecule has 2 fully saturated rings. The zero-order valence-electron chi connectivity index (χ0n) is 11.0. The summed E-state index contributed by atoms with van der Waals surface area (Å²) >= 11 is 6.94. The molecule has 0 radical (unpaired) electrons. The van der Waals surface area contributed by atoms with E-state index in [1.54, 1.807) is 18.4 Å². The maximum absolute atomic E-state index is 12.2. The van der Waals surface area contributed by atoms with Crippen LogP contribution in [0.5, 0.6) is 0 Å². The number of imide groups is 1. The lowest BCUT2D eigenvalue weighted by Crippen LogP contribution is -2.71. The first kappa shape index (κ1) is 13.5. The number of urea groups is 1. The standard InChI is InChI=1S/C12H14N4O2S2/c1-15-9-7(11(17)16(2)12(15)18)10(19)14-8(13-9)6-4-3-5-20-6/h3-5,7-9,13H,1-2H3,(H,14,19). The number of hydrogen-bond donors (Lipinski definition) is 2. The quantitative estimate of drug-likeness (QED) is 0.749. The minimum atomic E-state index is -0.533. The van der Waals surface area contributed by atoms with Crippen molar-refractivity contribution in [1.29, 1.82) is 0 Å². The zero-order valence-corrected chi connectivity index (χ0v) is 12.6. The molecule has 1 aromatic rings. The summed E-state index contributed by atoms with van der Waals surface area (Å²) in [5.41, 5.74) is 0. The molecule has 2 aliphatic rings. The topological polar surface area (TPSA) is 64.7 Å². The van der Waals surface area contributed by atoms with Crippen molar-refractivity contribution < 1.29 is 9.59 Å². The highest BCUT2D eigenvalue weighted by molar-refractivity contribution is 7.80. The molecule has 106 valence electrons. The van der Waals surface area contributed by atoms with E-state index in [1.807, 2.05) is 17.5 Å². The Labute approximate surface area is 125 Å². The second-order valence-corrected chi connectivity index (χ2v) is 6.26. The van der Waals surface area contributed by atoms with E-state index in [0.29, 0.717) is 4.99 Å². The van der Waals surface area contributed by atoms with Gasteiger partial charge in [-0.2, -0.15) is 0 Å². The second-order valence-electron chi connectivity index (χ2n) is 4.84. The number of carbonyl (C=O) groups is 2. The SMILES string of the molecule is CN1C(=O)C2C(=S)NC(c3cccs3)NC2N(C)C1=O. The van der Waals surface area contributed by atoms with Crippen LogP contribution in [0, 0.1) is 5.92 Å². The van der Waals surface area contributed by atoms with Gasteiger partial charge in [-0.1, -0.05) is 18.3 Å². The van der Waals surface area contributed by atoms with E-state index in [-0.39, 0.29) is 18.1 Å². The Kier molecular flexibility index (Phi) is 3.23. The van der Waals surface area contributed by atoms with Gasteiger partial charge in [-0.25, -0.2) is 4.79 Å². The average Bonchev–Trinajstić information content (AvgIpc) is 2.96. The predicted molar refractivity (Wildman–Crippen MR) is 79.1 cm³/mol. The van der Waals surface area contributed by atoms with Crippen LogP contribution < -0.4 is 10.6 Å². The van der Waals surface area contributed by atoms with Crippen LogP contribution >= 0.6 is 23.6 Å². The first-order valence-corrected chi connectivity index (χ1v) is 7.43. The summed E-state index contributed by atoms with van der Waals surface area (Å²) in [5, 5.41) is 8.41. The number of rotatable bonds is 1. The van der Waals surface area contributed by atoms with Crippen molar-refractivity contribution in [2.45, 2.75) is 12.3 Å². The van der Waals surface area contributed by atoms with Crippen molar-refractivity contribution in [2.75, 3.05) is 14.1 Å². The lowest BCUT2D eigenvalue weighted by Gasteiger charge is -2.47. The maximum atomic E-state index is 12.2. The third kappa shape index (κ3) is 1.91. The molecular formula is C12H14N4O2S2. The predicted octanol–water partition coefficient (Wildman–Crippen LogP) is 0.733. The van der Waals surface area contributed by atoms with E-state index in [0.717, 1.165) is 9.78 Å². The van der Waals surface area contributed by atoms with E-state index in [2.05, 4.69) is 10.6 Å². The Balaban J connectivity index is 1.92. The molecule has 0 saturated carbocycles. The third-order valence-corrected chi connectivity index (χ3v) is 4.96. The number of amides is 3. The minimum Gasteiger partial charge on any atom is -0.359 e. The van der Waals surface area contributed by atoms with Crippen molar-refractivity contribution >= 4 is 40.5 Å². The third-order valence-electron chi connectivity index (χ3n) is 3.65. The smallest absolute Gasteiger partial charge is 0.327 e. The monoisotopic (exact) mass is 310 g/mol. The lowest BCUT2D eigenvalue weighted by atomic mass is 9.97. The van der Waals surface area contributed by atoms with Gasteiger partial charge in [0.2, 0.25) is 5.91 Å². The first-order chi connectivity index (χ1) is 9.50. The Morgan fingerprint density at radius 3 is 2.75 bits per heavy atom. The number of carbonyl (C=O) groups excluding carboxylic acids is 2. The first-order valence-electron chi connectivity index (χ1n) is 6.15. The van der Waals surface area contributed by atoms with Gasteiger partial charge < -0.3 is 10.2 Å². The van der Waals surface area contributed by atoms with E-state index in [4.69, 9.17) is 12.2 Å². The van der Waals surface area contributed by atoms with Crippen molar-refractivity contribution in [3.05, 3.63) is 22.4 Å². The van der Waals surface area contributed by atoms with Crippen LogP contribution in [0.2, 0.25) is 0 Å². The summed E-state index contributed by atoms with van der Waals surface area (Å²) in [4.78, 5) is 28.4. The van der Waals surface area contributed by atoms with Gasteiger partial charge in [0, 0.05) is 19.0 Å². The van der Waals surface area contributed by atoms with Crippen LogP contribution in [0.1, 0.15) is 11.0 Å². The van der Waals surface area contributed by atoms with Gasteiger partial charge in [0.1, 0.15) is 18.2 Å². The summed E-state index contributed by atoms with van der Waals surface area (Å²) in [5.74, 6) is -0.804. The minimum absolute atomic E-state index is 0.171. The van der Waals surface area contributed by atoms with Gasteiger partial charge in [0.25, 0.3) is 0 Å². The van der Waals surface area contributed by atoms with Gasteiger partial charge in [0.15, 0.2) is 0 Å². The Bertz CT molecular complexity index is 574. The normalized spacial score (nSPS) is 30.3. The highest BCUT2D eigenvalue weighted by Crippen LogP contribution is 2.28. The molecule has 0 bridgehead atoms. The summed E-state index contributed by atoms with van der Waals surface area (Å²) in [6.07, 6.45) is -0.581. The van der Waals surface area contributed by atoms with Gasteiger partial charge in [-0.15, -0.1) is 11.3 Å². The molecule has 0 aromatic carbocycles. The molecule has 3 rings (SSSR count). The summed E-state index contributed by atoms with van der Waals surface area (Å²) in [6.45, 7) is 0. The Morgan fingerprint density at radius 1 is 1.35 bits per heavy atom. The highest BCUT2D eigenvalue weighted by Gasteiger charge is 2.49. The van der Waals surface area contributed by atoms with Crippen LogP contribution in [0.25, 0.3) is 0 Å². The van der Waals surface area contributed by atoms with Gasteiger partial charge in [0.05, 0.1) is 4.99 Å². The fourth-order valence-corrected chi connectivity index (χ4v) is 3.62. The van der Waals surface area contributed by atoms with Gasteiger partial charge in [-0.05, 0) is 11.4 Å². The molecule has 2 saturated heterocycles. The number of nitrogens with one attached hydrogen (secondary N) is 2. The van der Waals surface area contributed by atoms with Crippen LogP contribution in [0.4, 0.5) is 4.79 Å². The number of fused-ring (bicyclic) bond motifs is 1. The Morgan fingerprint density at radius 2 is 2.10 bits per heavy atom. The van der Waals surface area contributed by atoms with E-state index in [9.17, 15) is 9.59 Å². The van der Waals surface area contributed by atoms with Gasteiger partial charge >= 0.3 is 6.03 Å². The molecule has 8 heteroatoms. The van der Waals surface area contributed by atoms with Crippen molar-refractivity contribution in [1.82, 2.24) is 20.4 Å². The molecular weight excluding hydrogens is 296 g/mol. The van der Waals surface area contributed by atoms with E-state index >= 15 is 0 Å². The molecule has 3 atom stereocenters. The van der Waals surface area contributed by atoms with Crippen LogP contribution in [0.15, 0.2) is 17.5 Å². The van der Waals surface area contributed by atoms with Gasteiger partial charge in [-0.3, -0.25) is 15.0 Å². The summed E-state index contributed by atoms with van der Waals surface area (Å²) in [6, 6.07) is 3.61. The fourth-order valence-electron chi connectivity index (χ4n) is 2.53. The average molecular weight is 310 g/mol. The second kappa shape index (κ2) is 4.80. The van der Waals surface area contributed by atoms with Crippen LogP contribution in [-0.4, -0.2) is 47.0 Å². The molecule has 1 aromatic heterocycles. The van der Waals surface area contributed by atoms with Crippen molar-refractivity contribution in [2.24, 2.45) is 5.92 Å². The molecule has 3 unspecified atom stereocenters. The molecule has 6 nitrogen and oxygen atoms in total. The number of hydrogen-bond acceptors (Lipinski definition) is 5. The highest BCUT2D eigenvalue weighted by atomic mass is 32.1. The molecule has 0 aliphatic carbocycles. The summed E-state index contributed by atoms with van der Waals surface area (Å²) < 4.78 is 0. The molecule has 3 heterocycles. The largest absolute Gasteiger partial charge is 0.359 e. The van der Waals surface area contributed by atoms with Crippen molar-refractivity contribution in [3.8, 4) is 0 Å².